The predicted molar refractivity (Wildman–Crippen MR) is 134 cm³/mol. The van der Waals surface area contributed by atoms with Crippen LogP contribution in [0.4, 0.5) is 5.69 Å². The Morgan fingerprint density at radius 1 is 0.943 bits per heavy atom. The number of rotatable bonds is 8. The van der Waals surface area contributed by atoms with Gasteiger partial charge in [0.2, 0.25) is 0 Å². The molecule has 0 spiro atoms. The molecule has 0 unspecified atom stereocenters. The number of benzene rings is 3. The number of anilines is 1. The van der Waals surface area contributed by atoms with Crippen LogP contribution in [-0.4, -0.2) is 23.1 Å². The van der Waals surface area contributed by atoms with Crippen LogP contribution >= 0.6 is 0 Å². The van der Waals surface area contributed by atoms with Crippen LogP contribution in [0.2, 0.25) is 0 Å². The Bertz CT molecular complexity index is 1370. The number of nitrogens with one attached hydrogen (secondary N) is 1. The lowest BCUT2D eigenvalue weighted by atomic mass is 10.0. The summed E-state index contributed by atoms with van der Waals surface area (Å²) in [5.74, 6) is -0.549. The molecule has 6 nitrogen and oxygen atoms in total. The molecule has 0 bridgehead atoms. The summed E-state index contributed by atoms with van der Waals surface area (Å²) < 4.78 is 7.20. The smallest absolute Gasteiger partial charge is 0.339 e. The van der Waals surface area contributed by atoms with Gasteiger partial charge in [-0.15, -0.1) is 0 Å². The SMILES string of the molecule is CCOC(=O)c1cn(Cc2cccc(C#N)c2)cc1Cc1ccc(C(=O)Nc2ccccc2)cc1. The van der Waals surface area contributed by atoms with Crippen molar-refractivity contribution in [3.8, 4) is 6.07 Å². The minimum absolute atomic E-state index is 0.180. The highest BCUT2D eigenvalue weighted by Gasteiger charge is 2.17. The maximum Gasteiger partial charge on any atom is 0.339 e. The van der Waals surface area contributed by atoms with Gasteiger partial charge in [-0.25, -0.2) is 4.79 Å². The van der Waals surface area contributed by atoms with E-state index in [9.17, 15) is 9.59 Å². The van der Waals surface area contributed by atoms with Gasteiger partial charge < -0.3 is 14.6 Å². The third-order valence-corrected chi connectivity index (χ3v) is 5.52. The summed E-state index contributed by atoms with van der Waals surface area (Å²) in [5, 5.41) is 12.0. The van der Waals surface area contributed by atoms with Gasteiger partial charge >= 0.3 is 5.97 Å². The first kappa shape index (κ1) is 23.5. The number of aromatic nitrogens is 1. The van der Waals surface area contributed by atoms with Crippen LogP contribution < -0.4 is 5.32 Å². The highest BCUT2D eigenvalue weighted by molar-refractivity contribution is 6.04. The first-order valence-corrected chi connectivity index (χ1v) is 11.4. The molecule has 35 heavy (non-hydrogen) atoms. The highest BCUT2D eigenvalue weighted by atomic mass is 16.5. The summed E-state index contributed by atoms with van der Waals surface area (Å²) in [7, 11) is 0. The van der Waals surface area contributed by atoms with Crippen molar-refractivity contribution in [2.24, 2.45) is 0 Å². The largest absolute Gasteiger partial charge is 0.462 e. The van der Waals surface area contributed by atoms with Crippen LogP contribution in [-0.2, 0) is 17.7 Å². The molecule has 0 fully saturated rings. The molecule has 1 N–H and O–H groups in total. The van der Waals surface area contributed by atoms with E-state index in [2.05, 4.69) is 11.4 Å². The molecule has 4 aromatic rings. The number of amides is 1. The molecule has 1 heterocycles. The molecule has 1 amide bonds. The van der Waals surface area contributed by atoms with Crippen molar-refractivity contribution in [2.75, 3.05) is 11.9 Å². The molecule has 4 rings (SSSR count). The van der Waals surface area contributed by atoms with Crippen LogP contribution in [0, 0.1) is 11.3 Å². The molecule has 6 heteroatoms. The maximum atomic E-state index is 12.6. The topological polar surface area (TPSA) is 84.1 Å². The quantitative estimate of drug-likeness (QED) is 0.353. The second kappa shape index (κ2) is 11.0. The summed E-state index contributed by atoms with van der Waals surface area (Å²) in [6.07, 6.45) is 4.23. The van der Waals surface area contributed by atoms with Gasteiger partial charge in [0.25, 0.3) is 5.91 Å². The average Bonchev–Trinajstić information content (AvgIpc) is 3.27. The number of hydrogen-bond donors (Lipinski definition) is 1. The molecule has 1 aromatic heterocycles. The fourth-order valence-electron chi connectivity index (χ4n) is 3.85. The highest BCUT2D eigenvalue weighted by Crippen LogP contribution is 2.20. The Morgan fingerprint density at radius 3 is 2.43 bits per heavy atom. The van der Waals surface area contributed by atoms with Crippen molar-refractivity contribution in [1.29, 1.82) is 5.26 Å². The van der Waals surface area contributed by atoms with Crippen LogP contribution in [0.3, 0.4) is 0 Å². The lowest BCUT2D eigenvalue weighted by Crippen LogP contribution is -2.11. The van der Waals surface area contributed by atoms with Crippen LogP contribution in [0.25, 0.3) is 0 Å². The zero-order valence-corrected chi connectivity index (χ0v) is 19.4. The summed E-state index contributed by atoms with van der Waals surface area (Å²) in [4.78, 5) is 25.1. The Hall–Kier alpha value is -4.63. The standard InChI is InChI=1S/C29H25N3O3/c1-2-35-29(34)27-20-32(18-23-8-6-7-22(15-23)17-30)19-25(27)16-21-11-13-24(14-12-21)28(33)31-26-9-4-3-5-10-26/h3-15,19-20H,2,16,18H2,1H3,(H,31,33). The Balaban J connectivity index is 1.52. The first-order chi connectivity index (χ1) is 17.1. The van der Waals surface area contributed by atoms with Crippen molar-refractivity contribution in [3.05, 3.63) is 125 Å². The molecule has 0 saturated carbocycles. The molecule has 0 atom stereocenters. The normalized spacial score (nSPS) is 10.4. The van der Waals surface area contributed by atoms with Crippen molar-refractivity contribution in [1.82, 2.24) is 4.57 Å². The van der Waals surface area contributed by atoms with Crippen molar-refractivity contribution in [2.45, 2.75) is 19.9 Å². The lowest BCUT2D eigenvalue weighted by Gasteiger charge is -2.07. The summed E-state index contributed by atoms with van der Waals surface area (Å²) in [6, 6.07) is 26.2. The van der Waals surface area contributed by atoms with Crippen LogP contribution in [0.15, 0.2) is 91.3 Å². The molecule has 0 aliphatic heterocycles. The van der Waals surface area contributed by atoms with Gasteiger partial charge in [-0.05, 0) is 66.4 Å². The van der Waals surface area contributed by atoms with E-state index in [-0.39, 0.29) is 11.9 Å². The number of nitrogens with zero attached hydrogens (tertiary/aromatic N) is 2. The molecule has 174 valence electrons. The molecular weight excluding hydrogens is 438 g/mol. The van der Waals surface area contributed by atoms with E-state index >= 15 is 0 Å². The van der Waals surface area contributed by atoms with E-state index < -0.39 is 0 Å². The van der Waals surface area contributed by atoms with Gasteiger partial charge in [0.15, 0.2) is 0 Å². The number of carbonyl (C=O) groups is 2. The van der Waals surface area contributed by atoms with Gasteiger partial charge in [-0.1, -0.05) is 42.5 Å². The third-order valence-electron chi connectivity index (χ3n) is 5.52. The second-order valence-corrected chi connectivity index (χ2v) is 8.10. The Kier molecular flexibility index (Phi) is 7.39. The van der Waals surface area contributed by atoms with E-state index in [0.717, 1.165) is 22.4 Å². The van der Waals surface area contributed by atoms with E-state index in [1.807, 2.05) is 71.4 Å². The van der Waals surface area contributed by atoms with E-state index in [1.54, 1.807) is 31.3 Å². The minimum atomic E-state index is -0.370. The number of ether oxygens (including phenoxy) is 1. The molecule has 0 aliphatic rings. The predicted octanol–water partition coefficient (Wildman–Crippen LogP) is 5.43. The van der Waals surface area contributed by atoms with Crippen LogP contribution in [0.5, 0.6) is 0 Å². The number of hydrogen-bond acceptors (Lipinski definition) is 4. The Labute approximate surface area is 204 Å². The molecule has 0 saturated heterocycles. The third kappa shape index (κ3) is 6.04. The lowest BCUT2D eigenvalue weighted by molar-refractivity contribution is 0.0525. The van der Waals surface area contributed by atoms with Crippen molar-refractivity contribution < 1.29 is 14.3 Å². The van der Waals surface area contributed by atoms with Gasteiger partial charge in [0, 0.05) is 30.2 Å². The van der Waals surface area contributed by atoms with Crippen molar-refractivity contribution in [3.63, 3.8) is 0 Å². The Morgan fingerprint density at radius 2 is 1.71 bits per heavy atom. The summed E-state index contributed by atoms with van der Waals surface area (Å²) in [6.45, 7) is 2.60. The zero-order chi connectivity index (χ0) is 24.6. The monoisotopic (exact) mass is 463 g/mol. The molecule has 0 aliphatic carbocycles. The number of para-hydroxylation sites is 1. The summed E-state index contributed by atoms with van der Waals surface area (Å²) in [5.41, 5.74) is 5.17. The molecule has 0 radical (unpaired) electrons. The van der Waals surface area contributed by atoms with Crippen molar-refractivity contribution >= 4 is 17.6 Å². The first-order valence-electron chi connectivity index (χ1n) is 11.4. The maximum absolute atomic E-state index is 12.6. The zero-order valence-electron chi connectivity index (χ0n) is 19.4. The van der Waals surface area contributed by atoms with Gasteiger partial charge in [0.1, 0.15) is 0 Å². The van der Waals surface area contributed by atoms with E-state index in [0.29, 0.717) is 36.3 Å². The van der Waals surface area contributed by atoms with E-state index in [4.69, 9.17) is 10.00 Å². The second-order valence-electron chi connectivity index (χ2n) is 8.10. The van der Waals surface area contributed by atoms with Crippen LogP contribution in [0.1, 0.15) is 49.9 Å². The van der Waals surface area contributed by atoms with Gasteiger partial charge in [-0.2, -0.15) is 5.26 Å². The molecular formula is C29H25N3O3. The average molecular weight is 464 g/mol. The number of nitriles is 1. The fourth-order valence-corrected chi connectivity index (χ4v) is 3.85. The van der Waals surface area contributed by atoms with Gasteiger partial charge in [-0.3, -0.25) is 4.79 Å². The minimum Gasteiger partial charge on any atom is -0.462 e. The number of esters is 1. The molecule has 3 aromatic carbocycles. The number of carbonyl (C=O) groups excluding carboxylic acids is 2. The van der Waals surface area contributed by atoms with E-state index in [1.165, 1.54) is 0 Å². The fraction of sp³-hybridized carbons (Fsp3) is 0.138. The summed E-state index contributed by atoms with van der Waals surface area (Å²) >= 11 is 0. The van der Waals surface area contributed by atoms with Gasteiger partial charge in [0.05, 0.1) is 23.8 Å².